The maximum absolute atomic E-state index is 4.44. The molecule has 1 unspecified atom stereocenters. The van der Waals surface area contributed by atoms with Crippen molar-refractivity contribution >= 4 is 22.3 Å². The molecule has 1 atom stereocenters. The van der Waals surface area contributed by atoms with Gasteiger partial charge in [0, 0.05) is 39.3 Å². The summed E-state index contributed by atoms with van der Waals surface area (Å²) in [6, 6.07) is 4.89. The molecule has 2 fully saturated rings. The molecule has 6 heteroatoms. The van der Waals surface area contributed by atoms with Crippen molar-refractivity contribution in [1.29, 1.82) is 0 Å². The van der Waals surface area contributed by atoms with E-state index in [1.54, 1.807) is 0 Å². The number of rotatable bonds is 6. The van der Waals surface area contributed by atoms with Gasteiger partial charge < -0.3 is 20.4 Å². The van der Waals surface area contributed by atoms with Crippen LogP contribution in [0.15, 0.2) is 22.5 Å². The summed E-state index contributed by atoms with van der Waals surface area (Å²) < 4.78 is 0. The van der Waals surface area contributed by atoms with Gasteiger partial charge in [0.15, 0.2) is 5.96 Å². The molecule has 3 heterocycles. The minimum absolute atomic E-state index is 0.523. The van der Waals surface area contributed by atoms with Crippen LogP contribution >= 0.6 is 11.3 Å². The lowest BCUT2D eigenvalue weighted by molar-refractivity contribution is 0.201. The molecule has 1 aromatic rings. The van der Waals surface area contributed by atoms with E-state index in [9.17, 15) is 0 Å². The molecule has 0 saturated carbocycles. The molecule has 0 spiro atoms. The zero-order valence-electron chi connectivity index (χ0n) is 16.4. The van der Waals surface area contributed by atoms with Gasteiger partial charge in [-0.2, -0.15) is 0 Å². The molecule has 0 bridgehead atoms. The van der Waals surface area contributed by atoms with E-state index in [1.807, 2.05) is 18.4 Å². The lowest BCUT2D eigenvalue weighted by Crippen LogP contribution is -2.49. The van der Waals surface area contributed by atoms with Gasteiger partial charge in [0.1, 0.15) is 0 Å². The van der Waals surface area contributed by atoms with E-state index in [0.29, 0.717) is 12.0 Å². The fraction of sp³-hybridized carbons (Fsp3) is 0.750. The van der Waals surface area contributed by atoms with Crippen molar-refractivity contribution in [1.82, 2.24) is 15.5 Å². The first-order chi connectivity index (χ1) is 12.7. The zero-order valence-corrected chi connectivity index (χ0v) is 17.2. The molecular formula is C20H35N5S. The SMILES string of the molecule is CN=C(NCC(C)CN1CCCCC1)NC1CCN(c2cccs2)CC1. The fourth-order valence-electron chi connectivity index (χ4n) is 4.00. The van der Waals surface area contributed by atoms with Crippen molar-refractivity contribution < 1.29 is 0 Å². The van der Waals surface area contributed by atoms with Gasteiger partial charge in [0.05, 0.1) is 5.00 Å². The summed E-state index contributed by atoms with van der Waals surface area (Å²) in [5.74, 6) is 1.61. The molecule has 1 aromatic heterocycles. The first kappa shape index (κ1) is 19.5. The molecule has 26 heavy (non-hydrogen) atoms. The molecule has 0 aliphatic carbocycles. The van der Waals surface area contributed by atoms with E-state index in [-0.39, 0.29) is 0 Å². The van der Waals surface area contributed by atoms with Gasteiger partial charge >= 0.3 is 0 Å². The van der Waals surface area contributed by atoms with Crippen LogP contribution in [0, 0.1) is 5.92 Å². The maximum Gasteiger partial charge on any atom is 0.191 e. The van der Waals surface area contributed by atoms with E-state index in [1.165, 1.54) is 56.7 Å². The van der Waals surface area contributed by atoms with Crippen molar-refractivity contribution in [3.8, 4) is 0 Å². The molecule has 2 aliphatic heterocycles. The van der Waals surface area contributed by atoms with E-state index >= 15 is 0 Å². The van der Waals surface area contributed by atoms with Gasteiger partial charge in [-0.3, -0.25) is 4.99 Å². The number of piperidine rings is 2. The highest BCUT2D eigenvalue weighted by Gasteiger charge is 2.21. The number of nitrogens with zero attached hydrogens (tertiary/aromatic N) is 3. The Kier molecular flexibility index (Phi) is 7.62. The summed E-state index contributed by atoms with van der Waals surface area (Å²) in [5.41, 5.74) is 0. The quantitative estimate of drug-likeness (QED) is 0.591. The molecule has 2 saturated heterocycles. The molecule has 0 amide bonds. The van der Waals surface area contributed by atoms with E-state index in [0.717, 1.165) is 25.6 Å². The van der Waals surface area contributed by atoms with Crippen LogP contribution in [0.2, 0.25) is 0 Å². The Labute approximate surface area is 162 Å². The standard InChI is InChI=1S/C20H35N5S/c1-17(16-24-10-4-3-5-11-24)15-22-20(21-2)23-18-8-12-25(13-9-18)19-7-6-14-26-19/h6-7,14,17-18H,3-5,8-13,15-16H2,1-2H3,(H2,21,22,23). The third kappa shape index (κ3) is 5.88. The molecular weight excluding hydrogens is 342 g/mol. The second kappa shape index (κ2) is 10.2. The Morgan fingerprint density at radius 2 is 2.00 bits per heavy atom. The second-order valence-corrected chi connectivity index (χ2v) is 8.70. The molecule has 5 nitrogen and oxygen atoms in total. The first-order valence-electron chi connectivity index (χ1n) is 10.2. The maximum atomic E-state index is 4.44. The van der Waals surface area contributed by atoms with Crippen LogP contribution in [0.4, 0.5) is 5.00 Å². The second-order valence-electron chi connectivity index (χ2n) is 7.78. The summed E-state index contributed by atoms with van der Waals surface area (Å²) in [6.07, 6.45) is 6.48. The monoisotopic (exact) mass is 377 g/mol. The van der Waals surface area contributed by atoms with Gasteiger partial charge in [0.2, 0.25) is 0 Å². The Morgan fingerprint density at radius 3 is 2.65 bits per heavy atom. The number of thiophene rings is 1. The minimum atomic E-state index is 0.523. The third-order valence-electron chi connectivity index (χ3n) is 5.51. The number of hydrogen-bond donors (Lipinski definition) is 2. The van der Waals surface area contributed by atoms with E-state index < -0.39 is 0 Å². The minimum Gasteiger partial charge on any atom is -0.363 e. The van der Waals surface area contributed by atoms with Gasteiger partial charge in [-0.05, 0) is 62.2 Å². The highest BCUT2D eigenvalue weighted by molar-refractivity contribution is 7.14. The number of guanidine groups is 1. The van der Waals surface area contributed by atoms with Gasteiger partial charge in [0.25, 0.3) is 0 Å². The highest BCUT2D eigenvalue weighted by atomic mass is 32.1. The largest absolute Gasteiger partial charge is 0.363 e. The van der Waals surface area contributed by atoms with Crippen LogP contribution in [0.25, 0.3) is 0 Å². The predicted molar refractivity (Wildman–Crippen MR) is 114 cm³/mol. The number of likely N-dealkylation sites (tertiary alicyclic amines) is 1. The predicted octanol–water partition coefficient (Wildman–Crippen LogP) is 3.00. The summed E-state index contributed by atoms with van der Waals surface area (Å²) >= 11 is 1.84. The Morgan fingerprint density at radius 1 is 1.23 bits per heavy atom. The molecule has 0 aromatic carbocycles. The van der Waals surface area contributed by atoms with Crippen LogP contribution in [-0.4, -0.2) is 63.2 Å². The summed E-state index contributed by atoms with van der Waals surface area (Å²) in [6.45, 7) is 9.34. The number of hydrogen-bond acceptors (Lipinski definition) is 4. The molecule has 146 valence electrons. The van der Waals surface area contributed by atoms with Gasteiger partial charge in [-0.15, -0.1) is 11.3 Å². The molecule has 3 rings (SSSR count). The van der Waals surface area contributed by atoms with Crippen LogP contribution in [0.3, 0.4) is 0 Å². The first-order valence-corrected chi connectivity index (χ1v) is 11.1. The van der Waals surface area contributed by atoms with Crippen LogP contribution < -0.4 is 15.5 Å². The lowest BCUT2D eigenvalue weighted by Gasteiger charge is -2.34. The van der Waals surface area contributed by atoms with E-state index in [4.69, 9.17) is 0 Å². The highest BCUT2D eigenvalue weighted by Crippen LogP contribution is 2.24. The Bertz CT molecular complexity index is 530. The summed E-state index contributed by atoms with van der Waals surface area (Å²) in [4.78, 5) is 9.56. The normalized spacial score (nSPS) is 21.6. The number of nitrogens with one attached hydrogen (secondary N) is 2. The van der Waals surface area contributed by atoms with E-state index in [2.05, 4.69) is 49.9 Å². The van der Waals surface area contributed by atoms with Crippen molar-refractivity contribution in [3.63, 3.8) is 0 Å². The molecule has 2 N–H and O–H groups in total. The van der Waals surface area contributed by atoms with Crippen LogP contribution in [-0.2, 0) is 0 Å². The number of aliphatic imine (C=N–C) groups is 1. The Balaban J connectivity index is 1.35. The number of anilines is 1. The van der Waals surface area contributed by atoms with Crippen molar-refractivity contribution in [3.05, 3.63) is 17.5 Å². The smallest absolute Gasteiger partial charge is 0.191 e. The fourth-order valence-corrected chi connectivity index (χ4v) is 4.79. The van der Waals surface area contributed by atoms with Crippen LogP contribution in [0.1, 0.15) is 39.0 Å². The third-order valence-corrected chi connectivity index (χ3v) is 6.44. The summed E-state index contributed by atoms with van der Waals surface area (Å²) in [7, 11) is 1.88. The van der Waals surface area contributed by atoms with Gasteiger partial charge in [-0.1, -0.05) is 13.3 Å². The molecule has 0 radical (unpaired) electrons. The van der Waals surface area contributed by atoms with Crippen molar-refractivity contribution in [2.24, 2.45) is 10.9 Å². The summed E-state index contributed by atoms with van der Waals surface area (Å²) in [5, 5.41) is 10.7. The average Bonchev–Trinajstić information content (AvgIpc) is 3.21. The van der Waals surface area contributed by atoms with Crippen LogP contribution in [0.5, 0.6) is 0 Å². The van der Waals surface area contributed by atoms with Crippen molar-refractivity contribution in [2.45, 2.75) is 45.1 Å². The topological polar surface area (TPSA) is 42.9 Å². The average molecular weight is 378 g/mol. The van der Waals surface area contributed by atoms with Gasteiger partial charge in [-0.25, -0.2) is 0 Å². The molecule has 2 aliphatic rings. The lowest BCUT2D eigenvalue weighted by atomic mass is 10.1. The van der Waals surface area contributed by atoms with Crippen molar-refractivity contribution in [2.75, 3.05) is 51.2 Å². The Hall–Kier alpha value is -1.27. The zero-order chi connectivity index (χ0) is 18.2.